The number of nitrogens with one attached hydrogen (secondary N) is 1. The monoisotopic (exact) mass is 398 g/mol. The lowest BCUT2D eigenvalue weighted by molar-refractivity contribution is -0.900. The first-order chi connectivity index (χ1) is 14.0. The average molecular weight is 399 g/mol. The van der Waals surface area contributed by atoms with Gasteiger partial charge in [-0.25, -0.2) is 9.37 Å². The van der Waals surface area contributed by atoms with Gasteiger partial charge in [0, 0.05) is 23.9 Å². The Morgan fingerprint density at radius 2 is 1.76 bits per heavy atom. The van der Waals surface area contributed by atoms with Gasteiger partial charge in [0.1, 0.15) is 18.2 Å². The molecule has 0 unspecified atom stereocenters. The molecule has 1 fully saturated rings. The Bertz CT molecular complexity index is 1010. The van der Waals surface area contributed by atoms with E-state index in [-0.39, 0.29) is 5.82 Å². The lowest BCUT2D eigenvalue weighted by Crippen LogP contribution is -3.15. The van der Waals surface area contributed by atoms with Crippen LogP contribution in [0.25, 0.3) is 16.8 Å². The maximum atomic E-state index is 13.4. The van der Waals surface area contributed by atoms with E-state index >= 15 is 0 Å². The molecule has 2 aromatic heterocycles. The summed E-state index contributed by atoms with van der Waals surface area (Å²) in [5, 5.41) is 4.85. The minimum Gasteiger partial charge on any atom is -0.379 e. The normalized spacial score (nSPS) is 15.4. The van der Waals surface area contributed by atoms with Gasteiger partial charge in [-0.15, -0.1) is 0 Å². The van der Waals surface area contributed by atoms with Crippen molar-refractivity contribution in [3.05, 3.63) is 47.0 Å². The molecule has 1 aliphatic rings. The summed E-state index contributed by atoms with van der Waals surface area (Å²) in [5.41, 5.74) is 5.81. The van der Waals surface area contributed by atoms with Crippen molar-refractivity contribution in [1.29, 1.82) is 0 Å². The minimum atomic E-state index is -0.239. The molecule has 6 nitrogen and oxygen atoms in total. The van der Waals surface area contributed by atoms with Gasteiger partial charge in [-0.1, -0.05) is 12.1 Å². The van der Waals surface area contributed by atoms with Gasteiger partial charge in [0.25, 0.3) is 0 Å². The zero-order valence-electron chi connectivity index (χ0n) is 17.6. The first kappa shape index (κ1) is 19.8. The zero-order chi connectivity index (χ0) is 20.5. The predicted octanol–water partition coefficient (Wildman–Crippen LogP) is 1.81. The average Bonchev–Trinajstić information content (AvgIpc) is 3.04. The molecule has 1 N–H and O–H groups in total. The highest BCUT2D eigenvalue weighted by Crippen LogP contribution is 2.32. The fraction of sp³-hybridized carbons (Fsp3) is 0.455. The highest BCUT2D eigenvalue weighted by molar-refractivity contribution is 5.81. The van der Waals surface area contributed by atoms with E-state index in [9.17, 15) is 4.39 Å². The highest BCUT2D eigenvalue weighted by atomic mass is 19.1. The van der Waals surface area contributed by atoms with Crippen LogP contribution in [-0.2, 0) is 4.74 Å². The number of methoxy groups -OCH3 is 1. The van der Waals surface area contributed by atoms with Crippen LogP contribution in [0.5, 0.6) is 0 Å². The summed E-state index contributed by atoms with van der Waals surface area (Å²) in [6.07, 6.45) is 0. The van der Waals surface area contributed by atoms with Crippen LogP contribution in [0.2, 0.25) is 0 Å². The molecule has 4 rings (SSSR count). The van der Waals surface area contributed by atoms with Gasteiger partial charge in [0.05, 0.1) is 38.5 Å². The maximum absolute atomic E-state index is 13.4. The van der Waals surface area contributed by atoms with E-state index < -0.39 is 0 Å². The standard InChI is InChI=1S/C22H28FN5O/c1-15-16(2)24-21-20(18-5-7-19(23)8-6-18)17(3)25-28(21)22(15)27-11-9-26(10-12-27)13-14-29-4/h5-8H,9-14H2,1-4H3/p+1. The number of benzene rings is 1. The third kappa shape index (κ3) is 3.72. The minimum absolute atomic E-state index is 0.239. The van der Waals surface area contributed by atoms with Crippen LogP contribution < -0.4 is 9.80 Å². The maximum Gasteiger partial charge on any atom is 0.165 e. The van der Waals surface area contributed by atoms with E-state index in [4.69, 9.17) is 14.8 Å². The summed E-state index contributed by atoms with van der Waals surface area (Å²) < 4.78 is 20.6. The fourth-order valence-corrected chi connectivity index (χ4v) is 4.19. The number of aryl methyl sites for hydroxylation is 2. The molecule has 7 heteroatoms. The Morgan fingerprint density at radius 3 is 2.41 bits per heavy atom. The van der Waals surface area contributed by atoms with Crippen LogP contribution in [0.1, 0.15) is 17.0 Å². The number of ether oxygens (including phenoxy) is 1. The van der Waals surface area contributed by atoms with E-state index in [2.05, 4.69) is 18.7 Å². The van der Waals surface area contributed by atoms with Crippen molar-refractivity contribution in [2.75, 3.05) is 51.3 Å². The molecule has 1 aromatic carbocycles. The number of anilines is 1. The zero-order valence-corrected chi connectivity index (χ0v) is 17.6. The summed E-state index contributed by atoms with van der Waals surface area (Å²) in [6.45, 7) is 12.1. The smallest absolute Gasteiger partial charge is 0.165 e. The first-order valence-electron chi connectivity index (χ1n) is 10.2. The van der Waals surface area contributed by atoms with Gasteiger partial charge in [0.15, 0.2) is 5.65 Å². The molecule has 0 aliphatic carbocycles. The third-order valence-electron chi connectivity index (χ3n) is 5.95. The van der Waals surface area contributed by atoms with Crippen LogP contribution in [0.3, 0.4) is 0 Å². The van der Waals surface area contributed by atoms with Gasteiger partial charge in [0.2, 0.25) is 0 Å². The molecular formula is C22H29FN5O+. The van der Waals surface area contributed by atoms with Crippen LogP contribution >= 0.6 is 0 Å². The molecule has 1 saturated heterocycles. The Kier molecular flexibility index (Phi) is 5.52. The number of fused-ring (bicyclic) bond motifs is 1. The van der Waals surface area contributed by atoms with Gasteiger partial charge in [-0.3, -0.25) is 0 Å². The lowest BCUT2D eigenvalue weighted by atomic mass is 10.1. The molecule has 0 atom stereocenters. The largest absolute Gasteiger partial charge is 0.379 e. The van der Waals surface area contributed by atoms with Crippen LogP contribution in [0.15, 0.2) is 24.3 Å². The lowest BCUT2D eigenvalue weighted by Gasteiger charge is -2.34. The highest BCUT2D eigenvalue weighted by Gasteiger charge is 2.26. The third-order valence-corrected chi connectivity index (χ3v) is 5.95. The molecule has 1 aliphatic heterocycles. The summed E-state index contributed by atoms with van der Waals surface area (Å²) >= 11 is 0. The predicted molar refractivity (Wildman–Crippen MR) is 112 cm³/mol. The quantitative estimate of drug-likeness (QED) is 0.712. The Labute approximate surface area is 170 Å². The molecule has 3 aromatic rings. The number of aromatic nitrogens is 3. The van der Waals surface area contributed by atoms with Crippen molar-refractivity contribution in [2.45, 2.75) is 20.8 Å². The molecular weight excluding hydrogens is 369 g/mol. The molecule has 0 radical (unpaired) electrons. The number of halogens is 1. The second kappa shape index (κ2) is 8.08. The Balaban J connectivity index is 1.74. The van der Waals surface area contributed by atoms with Crippen molar-refractivity contribution < 1.29 is 14.0 Å². The number of quaternary nitrogens is 1. The van der Waals surface area contributed by atoms with Gasteiger partial charge in [-0.05, 0) is 38.5 Å². The Morgan fingerprint density at radius 1 is 1.07 bits per heavy atom. The number of rotatable bonds is 5. The van der Waals surface area contributed by atoms with Crippen molar-refractivity contribution in [3.63, 3.8) is 0 Å². The van der Waals surface area contributed by atoms with Gasteiger partial charge in [-0.2, -0.15) is 9.61 Å². The summed E-state index contributed by atoms with van der Waals surface area (Å²) in [6, 6.07) is 6.58. The van der Waals surface area contributed by atoms with Crippen LogP contribution in [-0.4, -0.2) is 61.0 Å². The number of hydrogen-bond donors (Lipinski definition) is 1. The van der Waals surface area contributed by atoms with E-state index in [1.54, 1.807) is 24.1 Å². The summed E-state index contributed by atoms with van der Waals surface area (Å²) in [7, 11) is 1.76. The first-order valence-corrected chi connectivity index (χ1v) is 10.2. The van der Waals surface area contributed by atoms with E-state index in [1.807, 2.05) is 11.4 Å². The number of nitrogens with zero attached hydrogens (tertiary/aromatic N) is 4. The van der Waals surface area contributed by atoms with Crippen molar-refractivity contribution in [1.82, 2.24) is 14.6 Å². The second-order valence-electron chi connectivity index (χ2n) is 7.83. The van der Waals surface area contributed by atoms with Gasteiger partial charge < -0.3 is 14.5 Å². The van der Waals surface area contributed by atoms with Gasteiger partial charge >= 0.3 is 0 Å². The number of piperazine rings is 1. The molecule has 0 amide bonds. The Hall–Kier alpha value is -2.51. The topological polar surface area (TPSA) is 47.1 Å². The van der Waals surface area contributed by atoms with E-state index in [0.29, 0.717) is 0 Å². The van der Waals surface area contributed by atoms with Crippen molar-refractivity contribution >= 4 is 11.5 Å². The summed E-state index contributed by atoms with van der Waals surface area (Å²) in [5.74, 6) is 0.882. The van der Waals surface area contributed by atoms with Crippen molar-refractivity contribution in [3.8, 4) is 11.1 Å². The van der Waals surface area contributed by atoms with Crippen molar-refractivity contribution in [2.24, 2.45) is 0 Å². The molecule has 0 bridgehead atoms. The molecule has 0 spiro atoms. The van der Waals surface area contributed by atoms with Crippen LogP contribution in [0.4, 0.5) is 10.2 Å². The van der Waals surface area contributed by atoms with Crippen LogP contribution in [0, 0.1) is 26.6 Å². The fourth-order valence-electron chi connectivity index (χ4n) is 4.19. The SMILES string of the molecule is COCC[NH+]1CCN(c2c(C)c(C)nc3c(-c4ccc(F)cc4)c(C)nn23)CC1. The van der Waals surface area contributed by atoms with E-state index in [1.165, 1.54) is 12.1 Å². The molecule has 3 heterocycles. The molecule has 154 valence electrons. The molecule has 0 saturated carbocycles. The second-order valence-corrected chi connectivity index (χ2v) is 7.83. The van der Waals surface area contributed by atoms with E-state index in [0.717, 1.165) is 78.9 Å². The number of hydrogen-bond acceptors (Lipinski definition) is 4. The summed E-state index contributed by atoms with van der Waals surface area (Å²) in [4.78, 5) is 8.86. The molecule has 29 heavy (non-hydrogen) atoms.